The fraction of sp³-hybridized carbons (Fsp3) is 0.375. The number of carbonyl (C=O) groups excluding carboxylic acids is 1. The fourth-order valence-corrected chi connectivity index (χ4v) is 3.89. The summed E-state index contributed by atoms with van der Waals surface area (Å²) in [5.74, 6) is 1.49. The van der Waals surface area contributed by atoms with Crippen LogP contribution in [-0.4, -0.2) is 58.5 Å². The van der Waals surface area contributed by atoms with Gasteiger partial charge in [-0.1, -0.05) is 30.3 Å². The predicted octanol–water partition coefficient (Wildman–Crippen LogP) is 3.57. The van der Waals surface area contributed by atoms with E-state index in [1.165, 1.54) is 0 Å². The SMILES string of the molecule is CCOc1cc(N2CCN(C(=O)NC(C)c3ccccc3)CC2)ccc1-n1cnc(C)n1. The van der Waals surface area contributed by atoms with Crippen LogP contribution in [0.25, 0.3) is 5.69 Å². The molecule has 8 nitrogen and oxygen atoms in total. The van der Waals surface area contributed by atoms with E-state index < -0.39 is 0 Å². The lowest BCUT2D eigenvalue weighted by Gasteiger charge is -2.36. The molecular weight excluding hydrogens is 404 g/mol. The average Bonchev–Trinajstić information content (AvgIpc) is 3.26. The minimum absolute atomic E-state index is 0.0205. The zero-order valence-electron chi connectivity index (χ0n) is 18.9. The molecule has 1 N–H and O–H groups in total. The molecule has 1 fully saturated rings. The van der Waals surface area contributed by atoms with Gasteiger partial charge in [0.1, 0.15) is 23.6 Å². The molecule has 1 atom stereocenters. The van der Waals surface area contributed by atoms with Gasteiger partial charge in [0, 0.05) is 37.9 Å². The summed E-state index contributed by atoms with van der Waals surface area (Å²) in [6.07, 6.45) is 1.70. The van der Waals surface area contributed by atoms with E-state index in [9.17, 15) is 4.79 Å². The van der Waals surface area contributed by atoms with E-state index in [0.29, 0.717) is 25.5 Å². The lowest BCUT2D eigenvalue weighted by atomic mass is 10.1. The van der Waals surface area contributed by atoms with Crippen LogP contribution in [0, 0.1) is 6.92 Å². The predicted molar refractivity (Wildman–Crippen MR) is 124 cm³/mol. The molecular formula is C24H30N6O2. The Labute approximate surface area is 188 Å². The molecule has 32 heavy (non-hydrogen) atoms. The third kappa shape index (κ3) is 4.85. The van der Waals surface area contributed by atoms with Crippen molar-refractivity contribution in [2.75, 3.05) is 37.7 Å². The number of rotatable bonds is 6. The van der Waals surface area contributed by atoms with Crippen molar-refractivity contribution in [1.29, 1.82) is 0 Å². The topological polar surface area (TPSA) is 75.5 Å². The number of hydrogen-bond acceptors (Lipinski definition) is 5. The molecule has 0 saturated carbocycles. The number of anilines is 1. The lowest BCUT2D eigenvalue weighted by molar-refractivity contribution is 0.191. The van der Waals surface area contributed by atoms with Crippen molar-refractivity contribution in [1.82, 2.24) is 25.0 Å². The number of carbonyl (C=O) groups is 1. The van der Waals surface area contributed by atoms with Crippen LogP contribution < -0.4 is 15.0 Å². The maximum absolute atomic E-state index is 12.7. The van der Waals surface area contributed by atoms with Crippen molar-refractivity contribution in [3.05, 3.63) is 66.2 Å². The molecule has 168 valence electrons. The summed E-state index contributed by atoms with van der Waals surface area (Å²) in [4.78, 5) is 21.1. The number of hydrogen-bond donors (Lipinski definition) is 1. The first-order valence-corrected chi connectivity index (χ1v) is 11.1. The van der Waals surface area contributed by atoms with Crippen LogP contribution in [-0.2, 0) is 0 Å². The van der Waals surface area contributed by atoms with Crippen molar-refractivity contribution in [3.8, 4) is 11.4 Å². The summed E-state index contributed by atoms with van der Waals surface area (Å²) < 4.78 is 7.62. The molecule has 8 heteroatoms. The van der Waals surface area contributed by atoms with Gasteiger partial charge >= 0.3 is 6.03 Å². The standard InChI is InChI=1S/C24H30N6O2/c1-4-32-23-16-21(10-11-22(23)30-17-25-19(3)27-30)28-12-14-29(15-13-28)24(31)26-18(2)20-8-6-5-7-9-20/h5-11,16-18H,4,12-15H2,1-3H3,(H,26,31). The Morgan fingerprint density at radius 1 is 1.12 bits per heavy atom. The van der Waals surface area contributed by atoms with Gasteiger partial charge in [0.05, 0.1) is 12.6 Å². The van der Waals surface area contributed by atoms with Crippen LogP contribution in [0.15, 0.2) is 54.9 Å². The van der Waals surface area contributed by atoms with Gasteiger partial charge in [-0.25, -0.2) is 14.5 Å². The highest BCUT2D eigenvalue weighted by Crippen LogP contribution is 2.29. The van der Waals surface area contributed by atoms with E-state index in [1.54, 1.807) is 11.0 Å². The Kier molecular flexibility index (Phi) is 6.58. The van der Waals surface area contributed by atoms with E-state index in [2.05, 4.69) is 26.4 Å². The summed E-state index contributed by atoms with van der Waals surface area (Å²) in [6, 6.07) is 16.1. The Balaban J connectivity index is 1.39. The molecule has 1 unspecified atom stereocenters. The molecule has 1 aliphatic rings. The van der Waals surface area contributed by atoms with Crippen LogP contribution in [0.2, 0.25) is 0 Å². The maximum atomic E-state index is 12.7. The molecule has 2 amide bonds. The first-order chi connectivity index (χ1) is 15.5. The Morgan fingerprint density at radius 3 is 2.53 bits per heavy atom. The Hall–Kier alpha value is -3.55. The van der Waals surface area contributed by atoms with Crippen molar-refractivity contribution >= 4 is 11.7 Å². The number of urea groups is 1. The van der Waals surface area contributed by atoms with Gasteiger partial charge in [-0.2, -0.15) is 5.10 Å². The third-order valence-electron chi connectivity index (χ3n) is 5.67. The highest BCUT2D eigenvalue weighted by atomic mass is 16.5. The maximum Gasteiger partial charge on any atom is 0.317 e. The van der Waals surface area contributed by atoms with Gasteiger partial charge in [0.25, 0.3) is 0 Å². The number of benzene rings is 2. The lowest BCUT2D eigenvalue weighted by Crippen LogP contribution is -2.52. The van der Waals surface area contributed by atoms with Crippen LogP contribution in [0.5, 0.6) is 5.75 Å². The number of ether oxygens (including phenoxy) is 1. The zero-order chi connectivity index (χ0) is 22.5. The minimum Gasteiger partial charge on any atom is -0.492 e. The molecule has 1 saturated heterocycles. The monoisotopic (exact) mass is 434 g/mol. The van der Waals surface area contributed by atoms with Gasteiger partial charge in [0.2, 0.25) is 0 Å². The molecule has 1 aliphatic heterocycles. The van der Waals surface area contributed by atoms with E-state index in [0.717, 1.165) is 35.8 Å². The number of piperazine rings is 1. The molecule has 3 aromatic rings. The largest absolute Gasteiger partial charge is 0.492 e. The second-order valence-corrected chi connectivity index (χ2v) is 7.88. The number of aromatic nitrogens is 3. The average molecular weight is 435 g/mol. The van der Waals surface area contributed by atoms with Crippen LogP contribution in [0.3, 0.4) is 0 Å². The van der Waals surface area contributed by atoms with Crippen LogP contribution in [0.4, 0.5) is 10.5 Å². The molecule has 0 radical (unpaired) electrons. The number of nitrogens with zero attached hydrogens (tertiary/aromatic N) is 5. The normalized spacial score (nSPS) is 14.8. The van der Waals surface area contributed by atoms with E-state index in [-0.39, 0.29) is 12.1 Å². The molecule has 0 spiro atoms. The van der Waals surface area contributed by atoms with Gasteiger partial charge in [0.15, 0.2) is 0 Å². The zero-order valence-corrected chi connectivity index (χ0v) is 18.9. The molecule has 0 bridgehead atoms. The van der Waals surface area contributed by atoms with E-state index >= 15 is 0 Å². The molecule has 1 aromatic heterocycles. The summed E-state index contributed by atoms with van der Waals surface area (Å²) in [5, 5.41) is 7.51. The van der Waals surface area contributed by atoms with Gasteiger partial charge in [-0.05, 0) is 38.5 Å². The second kappa shape index (κ2) is 9.72. The van der Waals surface area contributed by atoms with Gasteiger partial charge in [-0.15, -0.1) is 0 Å². The first-order valence-electron chi connectivity index (χ1n) is 11.1. The molecule has 2 aromatic carbocycles. The molecule has 0 aliphatic carbocycles. The van der Waals surface area contributed by atoms with E-state index in [4.69, 9.17) is 4.74 Å². The smallest absolute Gasteiger partial charge is 0.317 e. The third-order valence-corrected chi connectivity index (χ3v) is 5.67. The summed E-state index contributed by atoms with van der Waals surface area (Å²) in [5.41, 5.74) is 3.04. The fourth-order valence-electron chi connectivity index (χ4n) is 3.89. The Morgan fingerprint density at radius 2 is 1.88 bits per heavy atom. The first kappa shape index (κ1) is 21.7. The van der Waals surface area contributed by atoms with Gasteiger partial charge in [-0.3, -0.25) is 0 Å². The van der Waals surface area contributed by atoms with Crippen molar-refractivity contribution in [3.63, 3.8) is 0 Å². The summed E-state index contributed by atoms with van der Waals surface area (Å²) in [6.45, 7) is 9.27. The summed E-state index contributed by atoms with van der Waals surface area (Å²) in [7, 11) is 0. The Bertz CT molecular complexity index is 1040. The quantitative estimate of drug-likeness (QED) is 0.642. The van der Waals surface area contributed by atoms with Gasteiger partial charge < -0.3 is 19.9 Å². The van der Waals surface area contributed by atoms with Crippen LogP contribution in [0.1, 0.15) is 31.3 Å². The van der Waals surface area contributed by atoms with Crippen LogP contribution >= 0.6 is 0 Å². The molecule has 2 heterocycles. The van der Waals surface area contributed by atoms with Crippen molar-refractivity contribution < 1.29 is 9.53 Å². The van der Waals surface area contributed by atoms with E-state index in [1.807, 2.05) is 68.1 Å². The highest BCUT2D eigenvalue weighted by Gasteiger charge is 2.23. The highest BCUT2D eigenvalue weighted by molar-refractivity contribution is 5.75. The van der Waals surface area contributed by atoms with Crippen molar-refractivity contribution in [2.45, 2.75) is 26.8 Å². The number of amides is 2. The second-order valence-electron chi connectivity index (χ2n) is 7.88. The number of aryl methyl sites for hydroxylation is 1. The van der Waals surface area contributed by atoms with Crippen molar-refractivity contribution in [2.24, 2.45) is 0 Å². The number of nitrogens with one attached hydrogen (secondary N) is 1. The minimum atomic E-state index is -0.0246. The summed E-state index contributed by atoms with van der Waals surface area (Å²) >= 11 is 0. The molecule has 4 rings (SSSR count).